The second-order valence-corrected chi connectivity index (χ2v) is 4.88. The van der Waals surface area contributed by atoms with Gasteiger partial charge in [0, 0.05) is 0 Å². The van der Waals surface area contributed by atoms with E-state index in [9.17, 15) is 0 Å². The zero-order chi connectivity index (χ0) is 12.7. The van der Waals surface area contributed by atoms with Gasteiger partial charge in [-0.15, -0.1) is 0 Å². The summed E-state index contributed by atoms with van der Waals surface area (Å²) in [6.45, 7) is 9.32. The Labute approximate surface area is 104 Å². The highest BCUT2D eigenvalue weighted by atomic mass is 16.5. The summed E-state index contributed by atoms with van der Waals surface area (Å²) in [4.78, 5) is 0. The summed E-state index contributed by atoms with van der Waals surface area (Å²) < 4.78 is 11.2. The van der Waals surface area contributed by atoms with Crippen LogP contribution in [-0.4, -0.2) is 18.8 Å². The smallest absolute Gasteiger partial charge is 0.119 e. The minimum absolute atomic E-state index is 0.0981. The number of hydrogen-bond donors (Lipinski definition) is 0. The van der Waals surface area contributed by atoms with E-state index in [4.69, 9.17) is 9.47 Å². The van der Waals surface area contributed by atoms with Crippen LogP contribution in [0.25, 0.3) is 6.08 Å². The molecule has 0 bridgehead atoms. The van der Waals surface area contributed by atoms with Crippen LogP contribution >= 0.6 is 0 Å². The summed E-state index contributed by atoms with van der Waals surface area (Å²) >= 11 is 0. The molecule has 1 aromatic rings. The van der Waals surface area contributed by atoms with Crippen molar-refractivity contribution in [3.63, 3.8) is 0 Å². The fourth-order valence-electron chi connectivity index (χ4n) is 1.37. The molecule has 1 rings (SSSR count). The molecule has 0 saturated heterocycles. The van der Waals surface area contributed by atoms with Crippen molar-refractivity contribution in [1.82, 2.24) is 0 Å². The first-order chi connectivity index (χ1) is 8.01. The zero-order valence-electron chi connectivity index (χ0n) is 11.2. The Bertz CT molecular complexity index is 344. The van der Waals surface area contributed by atoms with Gasteiger partial charge in [-0.2, -0.15) is 0 Å². The zero-order valence-corrected chi connectivity index (χ0v) is 11.2. The van der Waals surface area contributed by atoms with Crippen LogP contribution in [0.15, 0.2) is 30.3 Å². The lowest BCUT2D eigenvalue weighted by atomic mass is 10.2. The molecular formula is C15H22O2. The molecule has 94 valence electrons. The molecule has 0 unspecified atom stereocenters. The van der Waals surface area contributed by atoms with Crippen LogP contribution in [0.5, 0.6) is 5.75 Å². The summed E-state index contributed by atoms with van der Waals surface area (Å²) in [6.07, 6.45) is 4.08. The van der Waals surface area contributed by atoms with E-state index in [2.05, 4.69) is 6.08 Å². The van der Waals surface area contributed by atoms with Crippen LogP contribution in [0.4, 0.5) is 0 Å². The maximum Gasteiger partial charge on any atom is 0.119 e. The highest BCUT2D eigenvalue weighted by Gasteiger charge is 2.09. The van der Waals surface area contributed by atoms with Gasteiger partial charge in [-0.05, 0) is 45.4 Å². The Kier molecular flexibility index (Phi) is 5.23. The van der Waals surface area contributed by atoms with Gasteiger partial charge in [0.05, 0.1) is 12.2 Å². The van der Waals surface area contributed by atoms with E-state index in [1.807, 2.05) is 58.0 Å². The van der Waals surface area contributed by atoms with Crippen LogP contribution in [-0.2, 0) is 4.74 Å². The van der Waals surface area contributed by atoms with Crippen LogP contribution < -0.4 is 4.74 Å². The predicted molar refractivity (Wildman–Crippen MR) is 72.4 cm³/mol. The van der Waals surface area contributed by atoms with Crippen molar-refractivity contribution < 1.29 is 9.47 Å². The molecule has 0 radical (unpaired) electrons. The van der Waals surface area contributed by atoms with Gasteiger partial charge in [-0.1, -0.05) is 24.3 Å². The topological polar surface area (TPSA) is 18.5 Å². The van der Waals surface area contributed by atoms with Gasteiger partial charge >= 0.3 is 0 Å². The SMILES string of the molecule is C/C=C/c1ccc(OCCOC(C)(C)C)cc1. The molecule has 1 aromatic carbocycles. The van der Waals surface area contributed by atoms with Crippen LogP contribution in [0.1, 0.15) is 33.3 Å². The van der Waals surface area contributed by atoms with Gasteiger partial charge in [-0.25, -0.2) is 0 Å². The number of benzene rings is 1. The van der Waals surface area contributed by atoms with Gasteiger partial charge in [-0.3, -0.25) is 0 Å². The molecule has 0 aliphatic heterocycles. The molecule has 2 nitrogen and oxygen atoms in total. The molecule has 0 atom stereocenters. The Balaban J connectivity index is 2.32. The number of rotatable bonds is 5. The van der Waals surface area contributed by atoms with E-state index in [1.165, 1.54) is 5.56 Å². The highest BCUT2D eigenvalue weighted by Crippen LogP contribution is 2.13. The lowest BCUT2D eigenvalue weighted by molar-refractivity contribution is -0.0163. The molecule has 0 amide bonds. The van der Waals surface area contributed by atoms with E-state index in [0.29, 0.717) is 13.2 Å². The molecule has 0 spiro atoms. The molecule has 0 heterocycles. The minimum atomic E-state index is -0.0981. The molecule has 0 aromatic heterocycles. The van der Waals surface area contributed by atoms with Crippen LogP contribution in [0, 0.1) is 0 Å². The lowest BCUT2D eigenvalue weighted by Crippen LogP contribution is -2.22. The highest BCUT2D eigenvalue weighted by molar-refractivity contribution is 5.50. The summed E-state index contributed by atoms with van der Waals surface area (Å²) in [6, 6.07) is 8.04. The fraction of sp³-hybridized carbons (Fsp3) is 0.467. The van der Waals surface area contributed by atoms with E-state index in [-0.39, 0.29) is 5.60 Å². The normalized spacial score (nSPS) is 12.0. The third kappa shape index (κ3) is 6.12. The first-order valence-electron chi connectivity index (χ1n) is 6.01. The maximum absolute atomic E-state index is 5.59. The molecular weight excluding hydrogens is 212 g/mol. The Morgan fingerprint density at radius 3 is 2.24 bits per heavy atom. The average molecular weight is 234 g/mol. The van der Waals surface area contributed by atoms with Crippen molar-refractivity contribution in [2.45, 2.75) is 33.3 Å². The van der Waals surface area contributed by atoms with Crippen molar-refractivity contribution >= 4 is 6.08 Å². The maximum atomic E-state index is 5.59. The fourth-order valence-corrected chi connectivity index (χ4v) is 1.37. The number of hydrogen-bond acceptors (Lipinski definition) is 2. The predicted octanol–water partition coefficient (Wildman–Crippen LogP) is 3.91. The summed E-state index contributed by atoms with van der Waals surface area (Å²) in [5.41, 5.74) is 1.09. The van der Waals surface area contributed by atoms with E-state index >= 15 is 0 Å². The first-order valence-corrected chi connectivity index (χ1v) is 6.01. The van der Waals surface area contributed by atoms with Gasteiger partial charge in [0.25, 0.3) is 0 Å². The van der Waals surface area contributed by atoms with Crippen LogP contribution in [0.2, 0.25) is 0 Å². The molecule has 17 heavy (non-hydrogen) atoms. The molecule has 0 aliphatic carbocycles. The third-order valence-electron chi connectivity index (χ3n) is 2.13. The molecule has 0 saturated carbocycles. The quantitative estimate of drug-likeness (QED) is 0.719. The standard InChI is InChI=1S/C15H22O2/c1-5-6-13-7-9-14(10-8-13)16-11-12-17-15(2,3)4/h5-10H,11-12H2,1-4H3/b6-5+. The third-order valence-corrected chi connectivity index (χ3v) is 2.13. The summed E-state index contributed by atoms with van der Waals surface area (Å²) in [7, 11) is 0. The molecule has 0 aliphatic rings. The second kappa shape index (κ2) is 6.45. The minimum Gasteiger partial charge on any atom is -0.491 e. The monoisotopic (exact) mass is 234 g/mol. The van der Waals surface area contributed by atoms with Gasteiger partial charge in [0.1, 0.15) is 12.4 Å². The Hall–Kier alpha value is -1.28. The van der Waals surface area contributed by atoms with Crippen molar-refractivity contribution in [2.75, 3.05) is 13.2 Å². The number of ether oxygens (including phenoxy) is 2. The summed E-state index contributed by atoms with van der Waals surface area (Å²) in [5, 5.41) is 0. The largest absolute Gasteiger partial charge is 0.491 e. The van der Waals surface area contributed by atoms with Gasteiger partial charge in [0.15, 0.2) is 0 Å². The average Bonchev–Trinajstić information content (AvgIpc) is 2.26. The van der Waals surface area contributed by atoms with E-state index in [0.717, 1.165) is 5.75 Å². The number of allylic oxidation sites excluding steroid dienone is 1. The van der Waals surface area contributed by atoms with Crippen molar-refractivity contribution in [1.29, 1.82) is 0 Å². The van der Waals surface area contributed by atoms with E-state index in [1.54, 1.807) is 0 Å². The Morgan fingerprint density at radius 2 is 1.71 bits per heavy atom. The summed E-state index contributed by atoms with van der Waals surface area (Å²) in [5.74, 6) is 0.885. The molecule has 2 heteroatoms. The van der Waals surface area contributed by atoms with E-state index < -0.39 is 0 Å². The molecule has 0 fully saturated rings. The molecule has 0 N–H and O–H groups in total. The van der Waals surface area contributed by atoms with Crippen molar-refractivity contribution in [3.8, 4) is 5.75 Å². The van der Waals surface area contributed by atoms with Crippen molar-refractivity contribution in [3.05, 3.63) is 35.9 Å². The first kappa shape index (κ1) is 13.8. The lowest BCUT2D eigenvalue weighted by Gasteiger charge is -2.19. The van der Waals surface area contributed by atoms with Crippen molar-refractivity contribution in [2.24, 2.45) is 0 Å². The van der Waals surface area contributed by atoms with Crippen LogP contribution in [0.3, 0.4) is 0 Å². The van der Waals surface area contributed by atoms with Gasteiger partial charge in [0.2, 0.25) is 0 Å². The second-order valence-electron chi connectivity index (χ2n) is 4.88. The Morgan fingerprint density at radius 1 is 1.06 bits per heavy atom. The van der Waals surface area contributed by atoms with Gasteiger partial charge < -0.3 is 9.47 Å².